The second-order valence-electron chi connectivity index (χ2n) is 8.04. The molecule has 9 heteroatoms. The highest BCUT2D eigenvalue weighted by atomic mass is 32.1. The molecule has 35 heavy (non-hydrogen) atoms. The Bertz CT molecular complexity index is 1570. The fourth-order valence-corrected chi connectivity index (χ4v) is 4.79. The fourth-order valence-electron chi connectivity index (χ4n) is 4.69. The number of aliphatic imine (C=N–C) groups is 1. The molecule has 0 fully saturated rings. The third-order valence-corrected chi connectivity index (χ3v) is 6.31. The number of fused-ring (bicyclic) bond motifs is 2. The van der Waals surface area contributed by atoms with Crippen LogP contribution in [0.15, 0.2) is 53.8 Å². The summed E-state index contributed by atoms with van der Waals surface area (Å²) in [5, 5.41) is 6.42. The maximum absolute atomic E-state index is 13.2. The molecule has 2 amide bonds. The van der Waals surface area contributed by atoms with E-state index in [1.807, 2.05) is 47.2 Å². The van der Waals surface area contributed by atoms with Gasteiger partial charge < -0.3 is 19.0 Å². The first-order chi connectivity index (χ1) is 17.1. The van der Waals surface area contributed by atoms with Gasteiger partial charge in [-0.2, -0.15) is 0 Å². The number of imide groups is 1. The van der Waals surface area contributed by atoms with Crippen LogP contribution in [0.1, 0.15) is 17.5 Å². The second kappa shape index (κ2) is 9.21. The number of hydrogen-bond donors (Lipinski definition) is 2. The topological polar surface area (TPSA) is 97.7 Å². The number of rotatable bonds is 8. The molecular weight excluding hydrogens is 464 g/mol. The third-order valence-electron chi connectivity index (χ3n) is 6.18. The predicted molar refractivity (Wildman–Crippen MR) is 138 cm³/mol. The Morgan fingerprint density at radius 2 is 1.80 bits per heavy atom. The van der Waals surface area contributed by atoms with Gasteiger partial charge in [0.15, 0.2) is 11.5 Å². The molecule has 0 aliphatic carbocycles. The highest BCUT2D eigenvalue weighted by Gasteiger charge is 2.36. The molecule has 0 radical (unpaired) electrons. The normalized spacial score (nSPS) is 13.4. The molecule has 1 aliphatic rings. The number of thiocarbonyl (C=S) groups is 1. The van der Waals surface area contributed by atoms with Crippen molar-refractivity contribution in [3.63, 3.8) is 0 Å². The number of carbonyl (C=O) groups excluding carboxylic acids is 2. The van der Waals surface area contributed by atoms with E-state index in [1.54, 1.807) is 20.4 Å². The van der Waals surface area contributed by atoms with Gasteiger partial charge in [-0.1, -0.05) is 18.2 Å². The molecule has 1 aliphatic heterocycles. The quantitative estimate of drug-likeness (QED) is 0.168. The maximum Gasteiger partial charge on any atom is 0.259 e. The van der Waals surface area contributed by atoms with Crippen molar-refractivity contribution < 1.29 is 19.1 Å². The van der Waals surface area contributed by atoms with Crippen molar-refractivity contribution in [2.75, 3.05) is 20.8 Å². The van der Waals surface area contributed by atoms with Gasteiger partial charge in [0.25, 0.3) is 11.8 Å². The van der Waals surface area contributed by atoms with E-state index >= 15 is 0 Å². The highest BCUT2D eigenvalue weighted by Crippen LogP contribution is 2.44. The molecule has 0 unspecified atom stereocenters. The van der Waals surface area contributed by atoms with Gasteiger partial charge in [-0.25, -0.2) is 4.99 Å². The largest absolute Gasteiger partial charge is 0.493 e. The van der Waals surface area contributed by atoms with Gasteiger partial charge in [0.2, 0.25) is 0 Å². The summed E-state index contributed by atoms with van der Waals surface area (Å²) < 4.78 is 13.3. The lowest BCUT2D eigenvalue weighted by Crippen LogP contribution is -2.22. The number of aromatic amines is 1. The van der Waals surface area contributed by atoms with Gasteiger partial charge >= 0.3 is 0 Å². The summed E-state index contributed by atoms with van der Waals surface area (Å²) >= 11 is 4.67. The number of nitrogens with one attached hydrogen (secondary N) is 2. The van der Waals surface area contributed by atoms with Crippen molar-refractivity contribution in [1.29, 1.82) is 0 Å². The molecule has 0 bridgehead atoms. The Morgan fingerprint density at radius 1 is 1.03 bits per heavy atom. The van der Waals surface area contributed by atoms with E-state index in [0.717, 1.165) is 22.8 Å². The van der Waals surface area contributed by atoms with Crippen LogP contribution in [-0.2, 0) is 16.1 Å². The second-order valence-corrected chi connectivity index (χ2v) is 8.22. The van der Waals surface area contributed by atoms with Crippen LogP contribution in [-0.4, -0.2) is 47.3 Å². The van der Waals surface area contributed by atoms with Gasteiger partial charge in [-0.05, 0) is 36.8 Å². The first-order valence-electron chi connectivity index (χ1n) is 11.0. The number of benzene rings is 2. The Hall–Kier alpha value is -4.20. The Labute approximate surface area is 206 Å². The van der Waals surface area contributed by atoms with Crippen LogP contribution >= 0.6 is 12.2 Å². The van der Waals surface area contributed by atoms with Gasteiger partial charge in [-0.3, -0.25) is 14.9 Å². The minimum Gasteiger partial charge on any atom is -0.493 e. The van der Waals surface area contributed by atoms with E-state index in [9.17, 15) is 9.59 Å². The number of ether oxygens (including phenoxy) is 2. The van der Waals surface area contributed by atoms with E-state index in [-0.39, 0.29) is 0 Å². The van der Waals surface area contributed by atoms with E-state index in [2.05, 4.69) is 32.7 Å². The Balaban J connectivity index is 1.80. The number of nitrogens with zero attached hydrogens (tertiary/aromatic N) is 2. The minimum absolute atomic E-state index is 0.298. The summed E-state index contributed by atoms with van der Waals surface area (Å²) in [5.41, 5.74) is 3.60. The van der Waals surface area contributed by atoms with Gasteiger partial charge in [0.1, 0.15) is 0 Å². The van der Waals surface area contributed by atoms with Crippen LogP contribution in [0.3, 0.4) is 0 Å². The molecule has 0 saturated carbocycles. The van der Waals surface area contributed by atoms with E-state index in [1.165, 1.54) is 0 Å². The van der Waals surface area contributed by atoms with Gasteiger partial charge in [-0.15, -0.1) is 0 Å². The molecule has 8 nitrogen and oxygen atoms in total. The van der Waals surface area contributed by atoms with Crippen LogP contribution in [0.25, 0.3) is 33.0 Å². The van der Waals surface area contributed by atoms with Crippen LogP contribution in [0.5, 0.6) is 11.5 Å². The number of para-hydroxylation sites is 1. The number of hydrogen-bond acceptors (Lipinski definition) is 6. The molecule has 3 heterocycles. The van der Waals surface area contributed by atoms with Gasteiger partial charge in [0, 0.05) is 41.0 Å². The van der Waals surface area contributed by atoms with Crippen molar-refractivity contribution in [3.8, 4) is 11.5 Å². The molecule has 5 rings (SSSR count). The molecule has 0 saturated heterocycles. The zero-order chi connectivity index (χ0) is 24.5. The van der Waals surface area contributed by atoms with Crippen molar-refractivity contribution >= 4 is 62.1 Å². The maximum atomic E-state index is 13.2. The summed E-state index contributed by atoms with van der Waals surface area (Å²) in [4.78, 5) is 33.5. The van der Waals surface area contributed by atoms with Crippen molar-refractivity contribution in [2.45, 2.75) is 13.0 Å². The number of aryl methyl sites for hydroxylation is 1. The smallest absolute Gasteiger partial charge is 0.259 e. The molecule has 0 spiro atoms. The summed E-state index contributed by atoms with van der Waals surface area (Å²) in [6, 6.07) is 11.4. The molecule has 0 atom stereocenters. The number of isothiocyanates is 1. The average Bonchev–Trinajstić information content (AvgIpc) is 3.53. The zero-order valence-electron chi connectivity index (χ0n) is 19.2. The number of aromatic nitrogens is 2. The van der Waals surface area contributed by atoms with E-state index in [4.69, 9.17) is 9.47 Å². The summed E-state index contributed by atoms with van der Waals surface area (Å²) in [6.45, 7) is 1.16. The molecular formula is C26H22N4O4S. The number of amides is 2. The predicted octanol–water partition coefficient (Wildman–Crippen LogP) is 4.20. The number of methoxy groups -OCH3 is 2. The van der Waals surface area contributed by atoms with Crippen LogP contribution in [0, 0.1) is 0 Å². The molecule has 176 valence electrons. The van der Waals surface area contributed by atoms with Crippen molar-refractivity contribution in [1.82, 2.24) is 14.9 Å². The molecule has 4 aromatic rings. The Kier molecular flexibility index (Phi) is 5.94. The van der Waals surface area contributed by atoms with Crippen LogP contribution in [0.2, 0.25) is 0 Å². The molecule has 2 aromatic carbocycles. The number of carbonyl (C=O) groups is 2. The lowest BCUT2D eigenvalue weighted by atomic mass is 9.95. The minimum atomic E-state index is -0.454. The summed E-state index contributed by atoms with van der Waals surface area (Å²) in [7, 11) is 3.12. The standard InChI is InChI=1S/C26H22N4O4S/c1-33-20-9-8-19-21(24(20)34-2)17(13-30(19)11-5-10-27-14-35)23-22(25(31)29-26(23)32)16-12-28-18-7-4-3-6-15(16)18/h3-4,6-9,12-13,28H,5,10-11H2,1-2H3,(H,29,31,32). The van der Waals surface area contributed by atoms with Crippen LogP contribution in [0.4, 0.5) is 0 Å². The molecule has 2 aromatic heterocycles. The van der Waals surface area contributed by atoms with Crippen LogP contribution < -0.4 is 14.8 Å². The first kappa shape index (κ1) is 22.6. The summed E-state index contributed by atoms with van der Waals surface area (Å²) in [5.74, 6) is 0.134. The average molecular weight is 487 g/mol. The SMILES string of the molecule is COc1ccc2c(c(C3=C(c4c[nH]c5ccccc45)C(=O)NC3=O)cn2CCCN=C=S)c1OC. The zero-order valence-corrected chi connectivity index (χ0v) is 20.0. The highest BCUT2D eigenvalue weighted by molar-refractivity contribution is 7.78. The first-order valence-corrected chi connectivity index (χ1v) is 11.4. The Morgan fingerprint density at radius 3 is 2.54 bits per heavy atom. The lowest BCUT2D eigenvalue weighted by Gasteiger charge is -2.11. The summed E-state index contributed by atoms with van der Waals surface area (Å²) in [6.07, 6.45) is 4.37. The third kappa shape index (κ3) is 3.71. The number of H-pyrrole nitrogens is 1. The monoisotopic (exact) mass is 486 g/mol. The van der Waals surface area contributed by atoms with Crippen molar-refractivity contribution in [3.05, 3.63) is 59.9 Å². The van der Waals surface area contributed by atoms with E-state index < -0.39 is 11.8 Å². The lowest BCUT2D eigenvalue weighted by molar-refractivity contribution is -0.122. The van der Waals surface area contributed by atoms with Gasteiger partial charge in [0.05, 0.1) is 48.0 Å². The molecule has 2 N–H and O–H groups in total. The van der Waals surface area contributed by atoms with Crippen molar-refractivity contribution in [2.24, 2.45) is 4.99 Å². The fraction of sp³-hybridized carbons (Fsp3) is 0.192. The van der Waals surface area contributed by atoms with E-state index in [0.29, 0.717) is 52.2 Å².